The van der Waals surface area contributed by atoms with Gasteiger partial charge in [-0.3, -0.25) is 9.59 Å². The number of rotatable bonds is 10. The zero-order chi connectivity index (χ0) is 19.6. The molecule has 0 heterocycles. The molecule has 0 radical (unpaired) electrons. The molecule has 0 saturated heterocycles. The van der Waals surface area contributed by atoms with Gasteiger partial charge in [-0.1, -0.05) is 22.3 Å². The Morgan fingerprint density at radius 3 is 1.32 bits per heavy atom. The molecule has 0 bridgehead atoms. The minimum atomic E-state index is -0.802. The van der Waals surface area contributed by atoms with E-state index in [9.17, 15) is 19.8 Å². The highest BCUT2D eigenvalue weighted by atomic mass is 16.6. The van der Waals surface area contributed by atoms with Crippen molar-refractivity contribution in [1.29, 1.82) is 0 Å². The summed E-state index contributed by atoms with van der Waals surface area (Å²) in [7, 11) is 0. The Bertz CT molecular complexity index is 464. The molecule has 6 nitrogen and oxygen atoms in total. The maximum atomic E-state index is 11.6. The molecule has 0 spiro atoms. The fraction of sp³-hybridized carbons (Fsp3) is 0.684. The Balaban J connectivity index is 4.09. The number of aliphatic hydroxyl groups is 2. The van der Waals surface area contributed by atoms with E-state index in [1.165, 1.54) is 0 Å². The Hall–Kier alpha value is -1.66. The third kappa shape index (κ3) is 11.5. The van der Waals surface area contributed by atoms with Crippen LogP contribution in [0, 0.1) is 0 Å². The van der Waals surface area contributed by atoms with Gasteiger partial charge in [0.15, 0.2) is 0 Å². The van der Waals surface area contributed by atoms with E-state index in [1.54, 1.807) is 0 Å². The number of aliphatic hydroxyl groups excluding tert-OH is 2. The average Bonchev–Trinajstić information content (AvgIpc) is 2.50. The van der Waals surface area contributed by atoms with Crippen molar-refractivity contribution in [2.75, 3.05) is 13.2 Å². The van der Waals surface area contributed by atoms with Gasteiger partial charge in [0, 0.05) is 0 Å². The second-order valence-corrected chi connectivity index (χ2v) is 6.82. The zero-order valence-corrected chi connectivity index (χ0v) is 16.2. The number of hydrogen-bond donors (Lipinski definition) is 2. The summed E-state index contributed by atoms with van der Waals surface area (Å²) in [6.07, 6.45) is -1.32. The number of allylic oxidation sites excluding steroid dienone is 2. The summed E-state index contributed by atoms with van der Waals surface area (Å²) in [5, 5.41) is 19.6. The third-order valence-corrected chi connectivity index (χ3v) is 3.95. The fourth-order valence-corrected chi connectivity index (χ4v) is 1.83. The molecule has 0 aliphatic rings. The van der Waals surface area contributed by atoms with Crippen LogP contribution in [-0.2, 0) is 19.1 Å². The molecule has 6 heteroatoms. The molecular formula is C19H32O6. The zero-order valence-electron chi connectivity index (χ0n) is 16.2. The van der Waals surface area contributed by atoms with Crippen molar-refractivity contribution in [3.05, 3.63) is 22.3 Å². The molecule has 144 valence electrons. The van der Waals surface area contributed by atoms with Gasteiger partial charge in [-0.05, 0) is 54.4 Å². The summed E-state index contributed by atoms with van der Waals surface area (Å²) in [5.74, 6) is -1.51. The molecule has 25 heavy (non-hydrogen) atoms. The number of ether oxygens (including phenoxy) is 2. The van der Waals surface area contributed by atoms with Gasteiger partial charge in [0.05, 0.1) is 12.2 Å². The molecule has 0 aliphatic heterocycles. The van der Waals surface area contributed by atoms with E-state index < -0.39 is 30.6 Å². The highest BCUT2D eigenvalue weighted by Crippen LogP contribution is 2.11. The van der Waals surface area contributed by atoms with Crippen molar-refractivity contribution in [1.82, 2.24) is 0 Å². The Kier molecular flexibility index (Phi) is 11.0. The summed E-state index contributed by atoms with van der Waals surface area (Å²) in [5.41, 5.74) is 4.28. The van der Waals surface area contributed by atoms with Crippen molar-refractivity contribution in [2.45, 2.75) is 73.0 Å². The fourth-order valence-electron chi connectivity index (χ4n) is 1.83. The van der Waals surface area contributed by atoms with E-state index in [0.717, 1.165) is 22.3 Å². The second-order valence-electron chi connectivity index (χ2n) is 6.82. The van der Waals surface area contributed by atoms with Crippen molar-refractivity contribution < 1.29 is 29.3 Å². The van der Waals surface area contributed by atoms with E-state index in [4.69, 9.17) is 9.47 Å². The van der Waals surface area contributed by atoms with Crippen LogP contribution in [0.3, 0.4) is 0 Å². The average molecular weight is 356 g/mol. The Labute approximate surface area is 150 Å². The maximum absolute atomic E-state index is 11.6. The molecule has 2 unspecified atom stereocenters. The molecule has 0 aromatic carbocycles. The van der Waals surface area contributed by atoms with E-state index >= 15 is 0 Å². The predicted octanol–water partition coefficient (Wildman–Crippen LogP) is 2.68. The lowest BCUT2D eigenvalue weighted by Crippen LogP contribution is -2.23. The molecule has 0 saturated carbocycles. The van der Waals surface area contributed by atoms with Gasteiger partial charge in [0.1, 0.15) is 19.6 Å². The van der Waals surface area contributed by atoms with E-state index in [0.29, 0.717) is 12.8 Å². The van der Waals surface area contributed by atoms with Crippen molar-refractivity contribution >= 4 is 11.9 Å². The first-order valence-electron chi connectivity index (χ1n) is 8.46. The molecule has 0 aromatic rings. The summed E-state index contributed by atoms with van der Waals surface area (Å²) in [4.78, 5) is 23.1. The molecule has 0 fully saturated rings. The van der Waals surface area contributed by atoms with Crippen LogP contribution in [0.25, 0.3) is 0 Å². The summed E-state index contributed by atoms with van der Waals surface area (Å²) in [6, 6.07) is 0. The first-order chi connectivity index (χ1) is 11.5. The van der Waals surface area contributed by atoms with Gasteiger partial charge in [-0.2, -0.15) is 0 Å². The lowest BCUT2D eigenvalue weighted by Gasteiger charge is -2.14. The molecule has 0 amide bonds. The van der Waals surface area contributed by atoms with Gasteiger partial charge < -0.3 is 19.7 Å². The monoisotopic (exact) mass is 356 g/mol. The molecule has 2 N–H and O–H groups in total. The lowest BCUT2D eigenvalue weighted by atomic mass is 10.1. The van der Waals surface area contributed by atoms with Crippen molar-refractivity contribution in [3.63, 3.8) is 0 Å². The topological polar surface area (TPSA) is 93.1 Å². The molecule has 0 aliphatic carbocycles. The minimum absolute atomic E-state index is 0.168. The number of hydrogen-bond acceptors (Lipinski definition) is 6. The normalized spacial score (nSPS) is 12.8. The van der Waals surface area contributed by atoms with Gasteiger partial charge >= 0.3 is 11.9 Å². The van der Waals surface area contributed by atoms with Gasteiger partial charge in [0.25, 0.3) is 0 Å². The molecule has 0 rings (SSSR count). The van der Waals surface area contributed by atoms with Gasteiger partial charge in [0.2, 0.25) is 0 Å². The summed E-state index contributed by atoms with van der Waals surface area (Å²) < 4.78 is 9.75. The van der Waals surface area contributed by atoms with Crippen LogP contribution in [0.15, 0.2) is 22.3 Å². The van der Waals surface area contributed by atoms with Crippen LogP contribution >= 0.6 is 0 Å². The van der Waals surface area contributed by atoms with Crippen LogP contribution in [-0.4, -0.2) is 47.6 Å². The maximum Gasteiger partial charge on any atom is 0.317 e. The first-order valence-corrected chi connectivity index (χ1v) is 8.46. The van der Waals surface area contributed by atoms with Gasteiger partial charge in [-0.25, -0.2) is 0 Å². The SMILES string of the molecule is CC(C)=C(C)CC(O)COC(=O)CC(=O)OCC(O)CC(C)=C(C)C. The second kappa shape index (κ2) is 11.8. The smallest absolute Gasteiger partial charge is 0.317 e. The highest BCUT2D eigenvalue weighted by molar-refractivity contribution is 5.91. The lowest BCUT2D eigenvalue weighted by molar-refractivity contribution is -0.157. The summed E-state index contributed by atoms with van der Waals surface area (Å²) >= 11 is 0. The highest BCUT2D eigenvalue weighted by Gasteiger charge is 2.16. The van der Waals surface area contributed by atoms with Crippen molar-refractivity contribution in [3.8, 4) is 0 Å². The Morgan fingerprint density at radius 2 is 1.04 bits per heavy atom. The Morgan fingerprint density at radius 1 is 0.720 bits per heavy atom. The standard InChI is InChI=1S/C19H32O6/c1-12(2)14(5)7-16(20)10-24-18(22)9-19(23)25-11-17(21)8-15(6)13(3)4/h16-17,20-21H,7-11H2,1-6H3. The van der Waals surface area contributed by atoms with Crippen LogP contribution in [0.4, 0.5) is 0 Å². The van der Waals surface area contributed by atoms with Crippen LogP contribution < -0.4 is 0 Å². The predicted molar refractivity (Wildman–Crippen MR) is 95.9 cm³/mol. The number of carbonyl (C=O) groups excluding carboxylic acids is 2. The minimum Gasteiger partial charge on any atom is -0.462 e. The van der Waals surface area contributed by atoms with Crippen molar-refractivity contribution in [2.24, 2.45) is 0 Å². The van der Waals surface area contributed by atoms with E-state index in [1.807, 2.05) is 41.5 Å². The van der Waals surface area contributed by atoms with E-state index in [-0.39, 0.29) is 13.2 Å². The third-order valence-electron chi connectivity index (χ3n) is 3.95. The molecule has 0 aromatic heterocycles. The van der Waals surface area contributed by atoms with Gasteiger partial charge in [-0.15, -0.1) is 0 Å². The molecule has 2 atom stereocenters. The van der Waals surface area contributed by atoms with Crippen LogP contribution in [0.2, 0.25) is 0 Å². The molecular weight excluding hydrogens is 324 g/mol. The number of carbonyl (C=O) groups is 2. The van der Waals surface area contributed by atoms with Crippen LogP contribution in [0.1, 0.15) is 60.8 Å². The quantitative estimate of drug-likeness (QED) is 0.355. The first kappa shape index (κ1) is 23.3. The summed E-state index contributed by atoms with van der Waals surface area (Å²) in [6.45, 7) is 11.2. The largest absolute Gasteiger partial charge is 0.462 e. The number of esters is 2. The van der Waals surface area contributed by atoms with E-state index in [2.05, 4.69) is 0 Å². The van der Waals surface area contributed by atoms with Crippen LogP contribution in [0.5, 0.6) is 0 Å².